The lowest BCUT2D eigenvalue weighted by molar-refractivity contribution is 0.333. The standard InChI is InChI=1S/C15H12BrFN2O/c16-12-1-4-14(5-2-12)20-8-7-19-13-3-6-15(17)11(9-13)10-18/h1-6,9,19H,7-8H2. The second-order valence-corrected chi connectivity index (χ2v) is 4.95. The number of hydrogen-bond donors (Lipinski definition) is 1. The molecule has 0 aliphatic carbocycles. The summed E-state index contributed by atoms with van der Waals surface area (Å²) in [6.07, 6.45) is 0. The highest BCUT2D eigenvalue weighted by Crippen LogP contribution is 2.16. The molecule has 0 aromatic heterocycles. The van der Waals surface area contributed by atoms with E-state index in [2.05, 4.69) is 21.2 Å². The van der Waals surface area contributed by atoms with Gasteiger partial charge in [0, 0.05) is 16.7 Å². The Hall–Kier alpha value is -2.06. The van der Waals surface area contributed by atoms with E-state index in [0.717, 1.165) is 10.2 Å². The van der Waals surface area contributed by atoms with Crippen molar-refractivity contribution in [1.82, 2.24) is 0 Å². The van der Waals surface area contributed by atoms with Gasteiger partial charge in [0.1, 0.15) is 24.2 Å². The summed E-state index contributed by atoms with van der Waals surface area (Å²) in [7, 11) is 0. The maximum absolute atomic E-state index is 13.1. The van der Waals surface area contributed by atoms with E-state index < -0.39 is 5.82 Å². The molecule has 0 unspecified atom stereocenters. The van der Waals surface area contributed by atoms with Gasteiger partial charge in [-0.2, -0.15) is 5.26 Å². The van der Waals surface area contributed by atoms with Crippen LogP contribution in [0.25, 0.3) is 0 Å². The van der Waals surface area contributed by atoms with Crippen molar-refractivity contribution in [2.75, 3.05) is 18.5 Å². The van der Waals surface area contributed by atoms with Crippen molar-refractivity contribution in [1.29, 1.82) is 5.26 Å². The van der Waals surface area contributed by atoms with Crippen molar-refractivity contribution >= 4 is 21.6 Å². The van der Waals surface area contributed by atoms with Crippen LogP contribution in [0.3, 0.4) is 0 Å². The quantitative estimate of drug-likeness (QED) is 0.842. The fourth-order valence-electron chi connectivity index (χ4n) is 1.62. The molecule has 0 bridgehead atoms. The molecule has 20 heavy (non-hydrogen) atoms. The van der Waals surface area contributed by atoms with Gasteiger partial charge in [-0.3, -0.25) is 0 Å². The number of hydrogen-bond acceptors (Lipinski definition) is 3. The highest BCUT2D eigenvalue weighted by atomic mass is 79.9. The van der Waals surface area contributed by atoms with Crippen molar-refractivity contribution in [3.63, 3.8) is 0 Å². The Labute approximate surface area is 125 Å². The fourth-order valence-corrected chi connectivity index (χ4v) is 1.88. The molecule has 0 aliphatic heterocycles. The molecule has 0 heterocycles. The second kappa shape index (κ2) is 6.92. The average Bonchev–Trinajstić information content (AvgIpc) is 2.47. The minimum absolute atomic E-state index is 0.0313. The molecule has 0 amide bonds. The second-order valence-electron chi connectivity index (χ2n) is 4.04. The van der Waals surface area contributed by atoms with Crippen LogP contribution in [-0.2, 0) is 0 Å². The Balaban J connectivity index is 1.81. The zero-order valence-corrected chi connectivity index (χ0v) is 12.2. The summed E-state index contributed by atoms with van der Waals surface area (Å²) in [5.74, 6) is 0.274. The van der Waals surface area contributed by atoms with E-state index in [1.165, 1.54) is 12.1 Å². The Morgan fingerprint density at radius 1 is 1.20 bits per heavy atom. The summed E-state index contributed by atoms with van der Waals surface area (Å²) >= 11 is 3.35. The summed E-state index contributed by atoms with van der Waals surface area (Å²) in [5.41, 5.74) is 0.728. The SMILES string of the molecule is N#Cc1cc(NCCOc2ccc(Br)cc2)ccc1F. The predicted octanol–water partition coefficient (Wildman–Crippen LogP) is 3.95. The smallest absolute Gasteiger partial charge is 0.141 e. The zero-order chi connectivity index (χ0) is 14.4. The number of benzene rings is 2. The Morgan fingerprint density at radius 3 is 2.65 bits per heavy atom. The number of nitriles is 1. The van der Waals surface area contributed by atoms with Gasteiger partial charge >= 0.3 is 0 Å². The number of ether oxygens (including phenoxy) is 1. The average molecular weight is 335 g/mol. The molecule has 3 nitrogen and oxygen atoms in total. The summed E-state index contributed by atoms with van der Waals surface area (Å²) in [6, 6.07) is 13.7. The van der Waals surface area contributed by atoms with Crippen LogP contribution in [0.5, 0.6) is 5.75 Å². The van der Waals surface area contributed by atoms with Gasteiger partial charge in [0.05, 0.1) is 5.56 Å². The Kier molecular flexibility index (Phi) is 4.97. The molecule has 2 aromatic rings. The lowest BCUT2D eigenvalue weighted by atomic mass is 10.2. The van der Waals surface area contributed by atoms with Crippen LogP contribution in [0.4, 0.5) is 10.1 Å². The number of anilines is 1. The number of nitrogens with one attached hydrogen (secondary N) is 1. The van der Waals surface area contributed by atoms with E-state index in [9.17, 15) is 4.39 Å². The molecular weight excluding hydrogens is 323 g/mol. The third-order valence-electron chi connectivity index (χ3n) is 2.60. The summed E-state index contributed by atoms with van der Waals surface area (Å²) in [6.45, 7) is 1.04. The van der Waals surface area contributed by atoms with Crippen LogP contribution in [0, 0.1) is 17.1 Å². The number of halogens is 2. The van der Waals surface area contributed by atoms with E-state index in [1.54, 1.807) is 12.1 Å². The summed E-state index contributed by atoms with van der Waals surface area (Å²) in [4.78, 5) is 0. The molecule has 2 aromatic carbocycles. The monoisotopic (exact) mass is 334 g/mol. The first-order valence-corrected chi connectivity index (χ1v) is 6.80. The minimum Gasteiger partial charge on any atom is -0.492 e. The zero-order valence-electron chi connectivity index (χ0n) is 10.6. The van der Waals surface area contributed by atoms with Crippen molar-refractivity contribution in [3.8, 4) is 11.8 Å². The fraction of sp³-hybridized carbons (Fsp3) is 0.133. The number of rotatable bonds is 5. The first-order valence-electron chi connectivity index (χ1n) is 6.01. The van der Waals surface area contributed by atoms with Crippen LogP contribution in [0.2, 0.25) is 0 Å². The van der Waals surface area contributed by atoms with E-state index in [0.29, 0.717) is 18.8 Å². The molecule has 102 valence electrons. The van der Waals surface area contributed by atoms with Crippen LogP contribution >= 0.6 is 15.9 Å². The molecular formula is C15H12BrFN2O. The van der Waals surface area contributed by atoms with Crippen LogP contribution < -0.4 is 10.1 Å². The van der Waals surface area contributed by atoms with Crippen LogP contribution in [0.15, 0.2) is 46.9 Å². The van der Waals surface area contributed by atoms with Gasteiger partial charge in [-0.1, -0.05) is 15.9 Å². The maximum atomic E-state index is 13.1. The van der Waals surface area contributed by atoms with Gasteiger partial charge in [-0.25, -0.2) is 4.39 Å². The van der Waals surface area contributed by atoms with Crippen molar-refractivity contribution in [2.24, 2.45) is 0 Å². The first kappa shape index (κ1) is 14.4. The molecule has 0 radical (unpaired) electrons. The minimum atomic E-state index is -0.510. The molecule has 0 saturated heterocycles. The normalized spacial score (nSPS) is 9.85. The van der Waals surface area contributed by atoms with Crippen molar-refractivity contribution < 1.29 is 9.13 Å². The molecule has 0 atom stereocenters. The van der Waals surface area contributed by atoms with Gasteiger partial charge in [0.25, 0.3) is 0 Å². The van der Waals surface area contributed by atoms with E-state index in [1.807, 2.05) is 24.3 Å². The lowest BCUT2D eigenvalue weighted by Crippen LogP contribution is -2.11. The Bertz CT molecular complexity index is 623. The summed E-state index contributed by atoms with van der Waals surface area (Å²) in [5, 5.41) is 11.8. The molecule has 0 spiro atoms. The van der Waals surface area contributed by atoms with Gasteiger partial charge in [0.2, 0.25) is 0 Å². The van der Waals surface area contributed by atoms with Gasteiger partial charge < -0.3 is 10.1 Å². The highest BCUT2D eigenvalue weighted by Gasteiger charge is 2.02. The van der Waals surface area contributed by atoms with Crippen molar-refractivity contribution in [2.45, 2.75) is 0 Å². The molecule has 0 saturated carbocycles. The lowest BCUT2D eigenvalue weighted by Gasteiger charge is -2.09. The van der Waals surface area contributed by atoms with Gasteiger partial charge in [0.15, 0.2) is 0 Å². The third kappa shape index (κ3) is 3.97. The third-order valence-corrected chi connectivity index (χ3v) is 3.13. The molecule has 2 rings (SSSR count). The van der Waals surface area contributed by atoms with E-state index in [4.69, 9.17) is 10.00 Å². The van der Waals surface area contributed by atoms with Crippen LogP contribution in [-0.4, -0.2) is 13.2 Å². The largest absolute Gasteiger partial charge is 0.492 e. The van der Waals surface area contributed by atoms with Gasteiger partial charge in [-0.05, 0) is 42.5 Å². The molecule has 1 N–H and O–H groups in total. The van der Waals surface area contributed by atoms with E-state index >= 15 is 0 Å². The molecule has 5 heteroatoms. The number of nitrogens with zero attached hydrogens (tertiary/aromatic N) is 1. The highest BCUT2D eigenvalue weighted by molar-refractivity contribution is 9.10. The van der Waals surface area contributed by atoms with Crippen LogP contribution in [0.1, 0.15) is 5.56 Å². The predicted molar refractivity (Wildman–Crippen MR) is 79.2 cm³/mol. The summed E-state index contributed by atoms with van der Waals surface area (Å²) < 4.78 is 19.7. The maximum Gasteiger partial charge on any atom is 0.141 e. The molecule has 0 aliphatic rings. The van der Waals surface area contributed by atoms with E-state index in [-0.39, 0.29) is 5.56 Å². The topological polar surface area (TPSA) is 45.0 Å². The molecule has 0 fully saturated rings. The van der Waals surface area contributed by atoms with Crippen molar-refractivity contribution in [3.05, 3.63) is 58.3 Å². The Morgan fingerprint density at radius 2 is 1.95 bits per heavy atom. The first-order chi connectivity index (χ1) is 9.69. The van der Waals surface area contributed by atoms with Gasteiger partial charge in [-0.15, -0.1) is 0 Å².